The van der Waals surface area contributed by atoms with Gasteiger partial charge in [-0.1, -0.05) is 6.07 Å². The van der Waals surface area contributed by atoms with Gasteiger partial charge in [-0.25, -0.2) is 0 Å². The Morgan fingerprint density at radius 2 is 1.95 bits per heavy atom. The summed E-state index contributed by atoms with van der Waals surface area (Å²) < 4.78 is 10.4. The number of hydrogen-bond acceptors (Lipinski definition) is 4. The van der Waals surface area contributed by atoms with E-state index in [9.17, 15) is 4.79 Å². The molecule has 0 atom stereocenters. The molecule has 2 rings (SSSR count). The van der Waals surface area contributed by atoms with Gasteiger partial charge < -0.3 is 9.47 Å². The Hall–Kier alpha value is -2.36. The molecule has 0 spiro atoms. The number of methoxy groups -OCH3 is 2. The highest BCUT2D eigenvalue weighted by atomic mass is 16.5. The summed E-state index contributed by atoms with van der Waals surface area (Å²) in [5.74, 6) is 0.971. The Bertz CT molecular complexity index is 608. The molecule has 0 aliphatic rings. The highest BCUT2D eigenvalue weighted by Gasteiger charge is 2.17. The second-order valence-corrected chi connectivity index (χ2v) is 4.06. The van der Waals surface area contributed by atoms with Crippen LogP contribution in [0.5, 0.6) is 11.5 Å². The fourth-order valence-electron chi connectivity index (χ4n) is 1.84. The van der Waals surface area contributed by atoms with Gasteiger partial charge in [-0.2, -0.15) is 0 Å². The average molecular weight is 257 g/mol. The lowest BCUT2D eigenvalue weighted by atomic mass is 10.0. The molecule has 0 bridgehead atoms. The maximum Gasteiger partial charge on any atom is 0.215 e. The van der Waals surface area contributed by atoms with Crippen LogP contribution in [0.3, 0.4) is 0 Å². The first-order valence-electron chi connectivity index (χ1n) is 5.85. The van der Waals surface area contributed by atoms with E-state index >= 15 is 0 Å². The number of carbonyl (C=O) groups excluding carboxylic acids is 1. The fourth-order valence-corrected chi connectivity index (χ4v) is 1.84. The Balaban J connectivity index is 2.47. The predicted octanol–water partition coefficient (Wildman–Crippen LogP) is 2.64. The van der Waals surface area contributed by atoms with Crippen LogP contribution in [0, 0.1) is 6.92 Å². The quantitative estimate of drug-likeness (QED) is 0.790. The first kappa shape index (κ1) is 13.1. The molecule has 2 aromatic rings. The fraction of sp³-hybridized carbons (Fsp3) is 0.200. The van der Waals surface area contributed by atoms with Crippen LogP contribution >= 0.6 is 0 Å². The number of pyridine rings is 1. The summed E-state index contributed by atoms with van der Waals surface area (Å²) in [6.45, 7) is 1.86. The van der Waals surface area contributed by atoms with Crippen LogP contribution in [0.15, 0.2) is 36.5 Å². The molecule has 0 unspecified atom stereocenters. The van der Waals surface area contributed by atoms with E-state index < -0.39 is 0 Å². The molecule has 98 valence electrons. The van der Waals surface area contributed by atoms with E-state index in [1.54, 1.807) is 37.6 Å². The summed E-state index contributed by atoms with van der Waals surface area (Å²) in [4.78, 5) is 16.6. The monoisotopic (exact) mass is 257 g/mol. The zero-order valence-corrected chi connectivity index (χ0v) is 11.1. The molecule has 1 aromatic carbocycles. The Kier molecular flexibility index (Phi) is 3.80. The minimum Gasteiger partial charge on any atom is -0.497 e. The molecule has 0 amide bonds. The highest BCUT2D eigenvalue weighted by molar-refractivity contribution is 6.10. The van der Waals surface area contributed by atoms with Crippen LogP contribution in [0.4, 0.5) is 0 Å². The highest BCUT2D eigenvalue weighted by Crippen LogP contribution is 2.26. The molecule has 0 aliphatic heterocycles. The second-order valence-electron chi connectivity index (χ2n) is 4.06. The van der Waals surface area contributed by atoms with Gasteiger partial charge in [0.05, 0.1) is 19.8 Å². The van der Waals surface area contributed by atoms with E-state index in [4.69, 9.17) is 9.47 Å². The average Bonchev–Trinajstić information content (AvgIpc) is 2.46. The first-order valence-corrected chi connectivity index (χ1v) is 5.85. The number of ketones is 1. The Morgan fingerprint density at radius 1 is 1.16 bits per heavy atom. The standard InChI is InChI=1S/C15H15NO3/c1-10-5-4-8-16-14(10)15(17)12-7-6-11(18-2)9-13(12)19-3/h4-9H,1-3H3. The number of rotatable bonds is 4. The predicted molar refractivity (Wildman–Crippen MR) is 72.0 cm³/mol. The third-order valence-electron chi connectivity index (χ3n) is 2.88. The Morgan fingerprint density at radius 3 is 2.58 bits per heavy atom. The van der Waals surface area contributed by atoms with Crippen molar-refractivity contribution in [3.63, 3.8) is 0 Å². The minimum atomic E-state index is -0.155. The third kappa shape index (κ3) is 2.57. The number of aromatic nitrogens is 1. The third-order valence-corrected chi connectivity index (χ3v) is 2.88. The van der Waals surface area contributed by atoms with Crippen LogP contribution in [0.25, 0.3) is 0 Å². The molecule has 1 aromatic heterocycles. The van der Waals surface area contributed by atoms with Crippen molar-refractivity contribution in [2.45, 2.75) is 6.92 Å². The molecular weight excluding hydrogens is 242 g/mol. The van der Waals surface area contributed by atoms with E-state index in [1.165, 1.54) is 7.11 Å². The van der Waals surface area contributed by atoms with E-state index in [1.807, 2.05) is 13.0 Å². The summed E-state index contributed by atoms with van der Waals surface area (Å²) in [6, 6.07) is 8.77. The van der Waals surface area contributed by atoms with E-state index in [0.29, 0.717) is 22.8 Å². The Labute approximate surface area is 112 Å². The van der Waals surface area contributed by atoms with Crippen molar-refractivity contribution < 1.29 is 14.3 Å². The van der Waals surface area contributed by atoms with Gasteiger partial charge in [-0.15, -0.1) is 0 Å². The molecule has 0 saturated heterocycles. The molecule has 4 nitrogen and oxygen atoms in total. The SMILES string of the molecule is COc1ccc(C(=O)c2ncccc2C)c(OC)c1. The molecular formula is C15H15NO3. The van der Waals surface area contributed by atoms with Gasteiger partial charge in [0.25, 0.3) is 0 Å². The molecule has 0 radical (unpaired) electrons. The van der Waals surface area contributed by atoms with Gasteiger partial charge in [0, 0.05) is 12.3 Å². The number of aryl methyl sites for hydroxylation is 1. The minimum absolute atomic E-state index is 0.155. The second kappa shape index (κ2) is 5.52. The number of nitrogens with zero attached hydrogens (tertiary/aromatic N) is 1. The zero-order valence-electron chi connectivity index (χ0n) is 11.1. The summed E-state index contributed by atoms with van der Waals surface area (Å²) in [6.07, 6.45) is 1.61. The summed E-state index contributed by atoms with van der Waals surface area (Å²) >= 11 is 0. The number of ether oxygens (including phenoxy) is 2. The van der Waals surface area contributed by atoms with Crippen molar-refractivity contribution in [3.05, 3.63) is 53.3 Å². The van der Waals surface area contributed by atoms with Gasteiger partial charge in [-0.05, 0) is 30.7 Å². The first-order chi connectivity index (χ1) is 9.17. The van der Waals surface area contributed by atoms with Gasteiger partial charge in [0.1, 0.15) is 17.2 Å². The van der Waals surface area contributed by atoms with Gasteiger partial charge >= 0.3 is 0 Å². The van der Waals surface area contributed by atoms with Crippen LogP contribution in [0.2, 0.25) is 0 Å². The molecule has 0 fully saturated rings. The van der Waals surface area contributed by atoms with Crippen molar-refractivity contribution in [3.8, 4) is 11.5 Å². The number of carbonyl (C=O) groups is 1. The molecule has 4 heteroatoms. The van der Waals surface area contributed by atoms with E-state index in [-0.39, 0.29) is 5.78 Å². The van der Waals surface area contributed by atoms with Crippen LogP contribution < -0.4 is 9.47 Å². The van der Waals surface area contributed by atoms with Crippen molar-refractivity contribution in [1.29, 1.82) is 0 Å². The number of hydrogen-bond donors (Lipinski definition) is 0. The normalized spacial score (nSPS) is 10.1. The largest absolute Gasteiger partial charge is 0.497 e. The lowest BCUT2D eigenvalue weighted by Gasteiger charge is -2.10. The summed E-state index contributed by atoms with van der Waals surface area (Å²) in [5, 5.41) is 0. The van der Waals surface area contributed by atoms with Crippen LogP contribution in [-0.2, 0) is 0 Å². The maximum atomic E-state index is 12.5. The van der Waals surface area contributed by atoms with Crippen LogP contribution in [0.1, 0.15) is 21.6 Å². The zero-order chi connectivity index (χ0) is 13.8. The van der Waals surface area contributed by atoms with Gasteiger partial charge in [0.2, 0.25) is 5.78 Å². The van der Waals surface area contributed by atoms with Gasteiger partial charge in [0.15, 0.2) is 0 Å². The molecule has 1 heterocycles. The molecule has 0 saturated carbocycles. The van der Waals surface area contributed by atoms with E-state index in [0.717, 1.165) is 5.56 Å². The lowest BCUT2D eigenvalue weighted by Crippen LogP contribution is -2.08. The van der Waals surface area contributed by atoms with Crippen LogP contribution in [-0.4, -0.2) is 25.0 Å². The molecule has 0 N–H and O–H groups in total. The van der Waals surface area contributed by atoms with Crippen molar-refractivity contribution in [2.75, 3.05) is 14.2 Å². The summed E-state index contributed by atoms with van der Waals surface area (Å²) in [7, 11) is 3.09. The number of benzene rings is 1. The molecule has 0 aliphatic carbocycles. The summed E-state index contributed by atoms with van der Waals surface area (Å²) in [5.41, 5.74) is 1.75. The van der Waals surface area contributed by atoms with Crippen molar-refractivity contribution in [2.24, 2.45) is 0 Å². The van der Waals surface area contributed by atoms with E-state index in [2.05, 4.69) is 4.98 Å². The smallest absolute Gasteiger partial charge is 0.215 e. The van der Waals surface area contributed by atoms with Crippen molar-refractivity contribution in [1.82, 2.24) is 4.98 Å². The van der Waals surface area contributed by atoms with Crippen molar-refractivity contribution >= 4 is 5.78 Å². The lowest BCUT2D eigenvalue weighted by molar-refractivity contribution is 0.103. The van der Waals surface area contributed by atoms with Gasteiger partial charge in [-0.3, -0.25) is 9.78 Å². The maximum absolute atomic E-state index is 12.5. The molecule has 19 heavy (non-hydrogen) atoms. The topological polar surface area (TPSA) is 48.4 Å².